The summed E-state index contributed by atoms with van der Waals surface area (Å²) >= 11 is 0. The predicted octanol–water partition coefficient (Wildman–Crippen LogP) is -0.527. The van der Waals surface area contributed by atoms with Crippen molar-refractivity contribution in [1.82, 2.24) is 35.9 Å². The maximum atomic E-state index is 11.6. The van der Waals surface area contributed by atoms with Crippen molar-refractivity contribution in [1.29, 1.82) is 0 Å². The third-order valence-electron chi connectivity index (χ3n) is 2.55. The molecule has 0 aliphatic carbocycles. The molecule has 3 N–H and O–H groups in total. The van der Waals surface area contributed by atoms with Crippen LogP contribution in [-0.4, -0.2) is 36.4 Å². The first kappa shape index (κ1) is 12.7. The molecule has 0 spiro atoms. The van der Waals surface area contributed by atoms with E-state index in [1.807, 2.05) is 0 Å². The molecule has 10 heteroatoms. The Bertz CT molecular complexity index is 805. The van der Waals surface area contributed by atoms with Crippen LogP contribution in [0.4, 0.5) is 0 Å². The monoisotopic (exact) mass is 287 g/mol. The van der Waals surface area contributed by atoms with Crippen molar-refractivity contribution in [3.8, 4) is 11.4 Å². The first-order valence-electron chi connectivity index (χ1n) is 5.88. The highest BCUT2D eigenvalue weighted by molar-refractivity contribution is 5.91. The second-order valence-corrected chi connectivity index (χ2v) is 3.99. The molecule has 3 rings (SSSR count). The first-order chi connectivity index (χ1) is 10.2. The molecule has 3 aromatic rings. The van der Waals surface area contributed by atoms with Gasteiger partial charge in [0, 0.05) is 17.8 Å². The highest BCUT2D eigenvalue weighted by Gasteiger charge is 2.12. The number of nitrogens with one attached hydrogen (secondary N) is 3. The molecule has 0 fully saturated rings. The summed E-state index contributed by atoms with van der Waals surface area (Å²) in [4.78, 5) is 29.4. The highest BCUT2D eigenvalue weighted by Crippen LogP contribution is 2.12. The molecule has 3 aromatic heterocycles. The molecular formula is C11H9N7O3. The lowest BCUT2D eigenvalue weighted by atomic mass is 10.2. The summed E-state index contributed by atoms with van der Waals surface area (Å²) in [5, 5.41) is 15.8. The Balaban J connectivity index is 1.68. The van der Waals surface area contributed by atoms with Gasteiger partial charge in [-0.3, -0.25) is 9.59 Å². The molecule has 0 aromatic carbocycles. The van der Waals surface area contributed by atoms with E-state index in [1.54, 1.807) is 6.07 Å². The lowest BCUT2D eigenvalue weighted by Gasteiger charge is -1.97. The molecule has 3 heterocycles. The van der Waals surface area contributed by atoms with Gasteiger partial charge in [0.1, 0.15) is 0 Å². The van der Waals surface area contributed by atoms with Crippen LogP contribution in [0.5, 0.6) is 0 Å². The third kappa shape index (κ3) is 2.83. The van der Waals surface area contributed by atoms with E-state index in [2.05, 4.69) is 35.9 Å². The maximum Gasteiger partial charge on any atom is 0.273 e. The number of aromatic nitrogens is 6. The molecule has 106 valence electrons. The van der Waals surface area contributed by atoms with E-state index in [0.717, 1.165) is 0 Å². The fourth-order valence-corrected chi connectivity index (χ4v) is 1.59. The minimum atomic E-state index is -0.417. The Labute approximate surface area is 116 Å². The highest BCUT2D eigenvalue weighted by atomic mass is 16.5. The molecule has 0 aliphatic rings. The van der Waals surface area contributed by atoms with E-state index < -0.39 is 5.91 Å². The second-order valence-electron chi connectivity index (χ2n) is 3.99. The van der Waals surface area contributed by atoms with Gasteiger partial charge >= 0.3 is 0 Å². The summed E-state index contributed by atoms with van der Waals surface area (Å²) in [6.07, 6.45) is 2.78. The molecular weight excluding hydrogens is 278 g/mol. The molecule has 0 bridgehead atoms. The second kappa shape index (κ2) is 5.36. The molecule has 1 amide bonds. The summed E-state index contributed by atoms with van der Waals surface area (Å²) < 4.78 is 4.99. The van der Waals surface area contributed by atoms with E-state index in [1.165, 1.54) is 18.5 Å². The topological polar surface area (TPSA) is 142 Å². The van der Waals surface area contributed by atoms with E-state index >= 15 is 0 Å². The Morgan fingerprint density at radius 1 is 1.43 bits per heavy atom. The van der Waals surface area contributed by atoms with Gasteiger partial charge in [0.2, 0.25) is 17.3 Å². The van der Waals surface area contributed by atoms with Crippen LogP contribution < -0.4 is 10.9 Å². The van der Waals surface area contributed by atoms with Crippen molar-refractivity contribution in [3.63, 3.8) is 0 Å². The van der Waals surface area contributed by atoms with Crippen LogP contribution >= 0.6 is 0 Å². The average Bonchev–Trinajstić information content (AvgIpc) is 3.16. The van der Waals surface area contributed by atoms with Gasteiger partial charge in [-0.15, -0.1) is 0 Å². The van der Waals surface area contributed by atoms with Crippen LogP contribution in [-0.2, 0) is 6.54 Å². The number of amides is 1. The van der Waals surface area contributed by atoms with Crippen LogP contribution in [0.15, 0.2) is 33.8 Å². The molecule has 0 saturated carbocycles. The van der Waals surface area contributed by atoms with Crippen molar-refractivity contribution < 1.29 is 9.32 Å². The minimum absolute atomic E-state index is 0.0435. The fraction of sp³-hybridized carbons (Fsp3) is 0.0909. The van der Waals surface area contributed by atoms with Crippen molar-refractivity contribution in [2.45, 2.75) is 6.54 Å². The molecule has 0 aliphatic heterocycles. The summed E-state index contributed by atoms with van der Waals surface area (Å²) in [6, 6.07) is 2.99. The fourth-order valence-electron chi connectivity index (χ4n) is 1.59. The van der Waals surface area contributed by atoms with Crippen LogP contribution in [0.2, 0.25) is 0 Å². The summed E-state index contributed by atoms with van der Waals surface area (Å²) in [6.45, 7) is 0.0435. The summed E-state index contributed by atoms with van der Waals surface area (Å²) in [5.74, 6) is 0.0635. The van der Waals surface area contributed by atoms with E-state index in [-0.39, 0.29) is 29.5 Å². The van der Waals surface area contributed by atoms with Gasteiger partial charge < -0.3 is 14.8 Å². The number of hydrogen-bond acceptors (Lipinski definition) is 7. The summed E-state index contributed by atoms with van der Waals surface area (Å²) in [5.41, 5.74) is 0.416. The first-order valence-corrected chi connectivity index (χ1v) is 5.88. The minimum Gasteiger partial charge on any atom is -0.342 e. The summed E-state index contributed by atoms with van der Waals surface area (Å²) in [7, 11) is 0. The number of rotatable bonds is 4. The van der Waals surface area contributed by atoms with Gasteiger partial charge in [-0.25, -0.2) is 0 Å². The van der Waals surface area contributed by atoms with Crippen LogP contribution in [0.25, 0.3) is 11.4 Å². The van der Waals surface area contributed by atoms with Crippen LogP contribution in [0, 0.1) is 0 Å². The smallest absolute Gasteiger partial charge is 0.273 e. The Kier molecular flexibility index (Phi) is 3.25. The van der Waals surface area contributed by atoms with Crippen molar-refractivity contribution >= 4 is 5.91 Å². The van der Waals surface area contributed by atoms with Gasteiger partial charge in [0.15, 0.2) is 5.69 Å². The maximum absolute atomic E-state index is 11.6. The Hall–Kier alpha value is -3.30. The number of aromatic amines is 2. The van der Waals surface area contributed by atoms with E-state index in [0.29, 0.717) is 5.56 Å². The largest absolute Gasteiger partial charge is 0.342 e. The van der Waals surface area contributed by atoms with Crippen molar-refractivity contribution in [3.05, 3.63) is 46.5 Å². The zero-order chi connectivity index (χ0) is 14.7. The number of pyridine rings is 1. The Morgan fingerprint density at radius 3 is 3.10 bits per heavy atom. The average molecular weight is 287 g/mol. The normalized spacial score (nSPS) is 10.5. The lowest BCUT2D eigenvalue weighted by Crippen LogP contribution is -2.23. The molecule has 0 unspecified atom stereocenters. The zero-order valence-corrected chi connectivity index (χ0v) is 10.5. The van der Waals surface area contributed by atoms with Crippen molar-refractivity contribution in [2.24, 2.45) is 0 Å². The number of nitrogens with zero attached hydrogens (tertiary/aromatic N) is 4. The third-order valence-corrected chi connectivity index (χ3v) is 2.55. The van der Waals surface area contributed by atoms with Gasteiger partial charge in [-0.05, 0) is 6.07 Å². The lowest BCUT2D eigenvalue weighted by molar-refractivity contribution is 0.0941. The number of H-pyrrole nitrogens is 2. The van der Waals surface area contributed by atoms with Gasteiger partial charge in [0.25, 0.3) is 5.91 Å². The molecule has 0 atom stereocenters. The van der Waals surface area contributed by atoms with Gasteiger partial charge in [-0.2, -0.15) is 20.4 Å². The number of carbonyl (C=O) groups excluding carboxylic acids is 1. The van der Waals surface area contributed by atoms with Gasteiger partial charge in [-0.1, -0.05) is 5.16 Å². The standard InChI is InChI=1S/C11H9N7O3/c19-8-3-6(1-2-12-8)10-15-9(21-17-10)5-13-11(20)7-4-14-18-16-7/h1-4H,5H2,(H,12,19)(H,13,20)(H,14,16,18). The van der Waals surface area contributed by atoms with Gasteiger partial charge in [0.05, 0.1) is 12.7 Å². The van der Waals surface area contributed by atoms with Crippen molar-refractivity contribution in [2.75, 3.05) is 0 Å². The van der Waals surface area contributed by atoms with E-state index in [4.69, 9.17) is 4.52 Å². The SMILES string of the molecule is O=C(NCc1nc(-c2cc[nH]c(=O)c2)no1)c1cn[nH]n1. The van der Waals surface area contributed by atoms with E-state index in [9.17, 15) is 9.59 Å². The number of carbonyl (C=O) groups is 1. The van der Waals surface area contributed by atoms with Crippen LogP contribution in [0.3, 0.4) is 0 Å². The molecule has 21 heavy (non-hydrogen) atoms. The quantitative estimate of drug-likeness (QED) is 0.585. The number of hydrogen-bond donors (Lipinski definition) is 3. The zero-order valence-electron chi connectivity index (χ0n) is 10.5. The molecule has 0 radical (unpaired) electrons. The Morgan fingerprint density at radius 2 is 2.33 bits per heavy atom. The molecule has 10 nitrogen and oxygen atoms in total. The van der Waals surface area contributed by atoms with Crippen LogP contribution in [0.1, 0.15) is 16.4 Å². The molecule has 0 saturated heterocycles. The predicted molar refractivity (Wildman–Crippen MR) is 67.9 cm³/mol.